The van der Waals surface area contributed by atoms with Gasteiger partial charge in [0.25, 0.3) is 0 Å². The molecule has 0 aromatic carbocycles. The van der Waals surface area contributed by atoms with Gasteiger partial charge < -0.3 is 14.7 Å². The summed E-state index contributed by atoms with van der Waals surface area (Å²) in [6.07, 6.45) is 0. The highest BCUT2D eigenvalue weighted by atomic mass is 16.5. The van der Waals surface area contributed by atoms with E-state index in [1.807, 2.05) is 13.8 Å². The van der Waals surface area contributed by atoms with E-state index in [-0.39, 0.29) is 24.4 Å². The Kier molecular flexibility index (Phi) is 4.25. The van der Waals surface area contributed by atoms with Gasteiger partial charge in [-0.05, 0) is 20.8 Å². The second kappa shape index (κ2) is 5.47. The van der Waals surface area contributed by atoms with Crippen molar-refractivity contribution >= 4 is 17.6 Å². The van der Waals surface area contributed by atoms with Crippen LogP contribution in [0.25, 0.3) is 0 Å². The van der Waals surface area contributed by atoms with Gasteiger partial charge >= 0.3 is 0 Å². The highest BCUT2D eigenvalue weighted by Gasteiger charge is 2.17. The van der Waals surface area contributed by atoms with Gasteiger partial charge in [0.15, 0.2) is 5.82 Å². The minimum absolute atomic E-state index is 0.0128. The zero-order chi connectivity index (χ0) is 13.0. The van der Waals surface area contributed by atoms with Crippen LogP contribution in [0.5, 0.6) is 0 Å². The van der Waals surface area contributed by atoms with Gasteiger partial charge in [0, 0.05) is 19.0 Å². The van der Waals surface area contributed by atoms with Gasteiger partial charge in [-0.15, -0.1) is 0 Å². The fraction of sp³-hybridized carbons (Fsp3) is 0.545. The average molecular weight is 239 g/mol. The first-order chi connectivity index (χ1) is 7.90. The predicted octanol–water partition coefficient (Wildman–Crippen LogP) is 1.18. The third-order valence-corrected chi connectivity index (χ3v) is 2.24. The standard InChI is InChI=1S/C11H17N3O3/c1-7(2)14(9(4)15)6-11(16)12-10-5-8(3)17-13-10/h5,7H,6H2,1-4H3,(H,12,13,16). The van der Waals surface area contributed by atoms with E-state index < -0.39 is 0 Å². The molecule has 1 aromatic rings. The number of nitrogens with zero attached hydrogens (tertiary/aromatic N) is 2. The number of hydrogen-bond acceptors (Lipinski definition) is 4. The van der Waals surface area contributed by atoms with Crippen LogP contribution in [-0.2, 0) is 9.59 Å². The lowest BCUT2D eigenvalue weighted by atomic mass is 10.3. The van der Waals surface area contributed by atoms with Crippen molar-refractivity contribution in [2.24, 2.45) is 0 Å². The number of nitrogens with one attached hydrogen (secondary N) is 1. The van der Waals surface area contributed by atoms with Gasteiger partial charge in [0.05, 0.1) is 0 Å². The van der Waals surface area contributed by atoms with Crippen molar-refractivity contribution < 1.29 is 14.1 Å². The molecule has 2 amide bonds. The summed E-state index contributed by atoms with van der Waals surface area (Å²) < 4.78 is 4.82. The third-order valence-electron chi connectivity index (χ3n) is 2.24. The summed E-state index contributed by atoms with van der Waals surface area (Å²) in [6, 6.07) is 1.60. The molecule has 0 saturated carbocycles. The number of carbonyl (C=O) groups excluding carboxylic acids is 2. The Labute approximate surface area is 99.9 Å². The maximum absolute atomic E-state index is 11.7. The molecule has 0 spiro atoms. The lowest BCUT2D eigenvalue weighted by molar-refractivity contribution is -0.134. The Morgan fingerprint density at radius 3 is 2.59 bits per heavy atom. The van der Waals surface area contributed by atoms with Crippen LogP contribution in [0.15, 0.2) is 10.6 Å². The van der Waals surface area contributed by atoms with Crippen molar-refractivity contribution in [2.45, 2.75) is 33.7 Å². The predicted molar refractivity (Wildman–Crippen MR) is 62.4 cm³/mol. The van der Waals surface area contributed by atoms with Crippen LogP contribution >= 0.6 is 0 Å². The van der Waals surface area contributed by atoms with Crippen molar-refractivity contribution in [1.82, 2.24) is 10.1 Å². The molecule has 1 rings (SSSR count). The van der Waals surface area contributed by atoms with E-state index in [4.69, 9.17) is 4.52 Å². The monoisotopic (exact) mass is 239 g/mol. The average Bonchev–Trinajstić information content (AvgIpc) is 2.59. The van der Waals surface area contributed by atoms with Crippen LogP contribution < -0.4 is 5.32 Å². The zero-order valence-corrected chi connectivity index (χ0v) is 10.5. The van der Waals surface area contributed by atoms with E-state index in [0.717, 1.165) is 0 Å². The molecular weight excluding hydrogens is 222 g/mol. The van der Waals surface area contributed by atoms with Crippen LogP contribution in [0.3, 0.4) is 0 Å². The Hall–Kier alpha value is -1.85. The molecule has 0 aliphatic rings. The van der Waals surface area contributed by atoms with Crippen molar-refractivity contribution in [3.8, 4) is 0 Å². The summed E-state index contributed by atoms with van der Waals surface area (Å²) in [5, 5.41) is 6.21. The molecule has 0 fully saturated rings. The molecule has 17 heavy (non-hydrogen) atoms. The molecule has 1 aromatic heterocycles. The van der Waals surface area contributed by atoms with Crippen molar-refractivity contribution in [3.63, 3.8) is 0 Å². The van der Waals surface area contributed by atoms with Crippen LogP contribution in [0.2, 0.25) is 0 Å². The van der Waals surface area contributed by atoms with E-state index in [1.54, 1.807) is 13.0 Å². The molecule has 0 saturated heterocycles. The van der Waals surface area contributed by atoms with Gasteiger partial charge in [0.2, 0.25) is 11.8 Å². The Bertz CT molecular complexity index is 412. The summed E-state index contributed by atoms with van der Waals surface area (Å²) >= 11 is 0. The molecule has 6 heteroatoms. The summed E-state index contributed by atoms with van der Waals surface area (Å²) in [5.41, 5.74) is 0. The van der Waals surface area contributed by atoms with Gasteiger partial charge in [0.1, 0.15) is 12.3 Å². The number of hydrogen-bond donors (Lipinski definition) is 1. The normalized spacial score (nSPS) is 10.4. The van der Waals surface area contributed by atoms with Crippen molar-refractivity contribution in [1.29, 1.82) is 0 Å². The van der Waals surface area contributed by atoms with E-state index in [0.29, 0.717) is 11.6 Å². The van der Waals surface area contributed by atoms with Gasteiger partial charge in [-0.25, -0.2) is 0 Å². The fourth-order valence-electron chi connectivity index (χ4n) is 1.42. The van der Waals surface area contributed by atoms with Crippen LogP contribution in [0.1, 0.15) is 26.5 Å². The molecule has 94 valence electrons. The van der Waals surface area contributed by atoms with E-state index >= 15 is 0 Å². The maximum Gasteiger partial charge on any atom is 0.245 e. The molecule has 1 heterocycles. The molecule has 0 unspecified atom stereocenters. The van der Waals surface area contributed by atoms with Crippen molar-refractivity contribution in [3.05, 3.63) is 11.8 Å². The highest BCUT2D eigenvalue weighted by molar-refractivity contribution is 5.93. The van der Waals surface area contributed by atoms with Gasteiger partial charge in [-0.2, -0.15) is 0 Å². The topological polar surface area (TPSA) is 75.4 Å². The first-order valence-electron chi connectivity index (χ1n) is 5.40. The number of aromatic nitrogens is 1. The second-order valence-electron chi connectivity index (χ2n) is 4.11. The first-order valence-corrected chi connectivity index (χ1v) is 5.40. The summed E-state index contributed by atoms with van der Waals surface area (Å²) in [5.74, 6) is 0.557. The highest BCUT2D eigenvalue weighted by Crippen LogP contribution is 2.07. The van der Waals surface area contributed by atoms with Gasteiger partial charge in [-0.1, -0.05) is 5.16 Å². The van der Waals surface area contributed by atoms with Crippen LogP contribution in [-0.4, -0.2) is 34.5 Å². The Balaban J connectivity index is 2.56. The molecule has 0 atom stereocenters. The quantitative estimate of drug-likeness (QED) is 0.856. The number of anilines is 1. The van der Waals surface area contributed by atoms with Crippen LogP contribution in [0.4, 0.5) is 5.82 Å². The fourth-order valence-corrected chi connectivity index (χ4v) is 1.42. The molecule has 0 aliphatic carbocycles. The second-order valence-corrected chi connectivity index (χ2v) is 4.11. The van der Waals surface area contributed by atoms with E-state index in [2.05, 4.69) is 10.5 Å². The van der Waals surface area contributed by atoms with Crippen molar-refractivity contribution in [2.75, 3.05) is 11.9 Å². The lowest BCUT2D eigenvalue weighted by Crippen LogP contribution is -2.41. The minimum Gasteiger partial charge on any atom is -0.360 e. The molecule has 1 N–H and O–H groups in total. The molecule has 0 bridgehead atoms. The number of amides is 2. The first kappa shape index (κ1) is 13.2. The smallest absolute Gasteiger partial charge is 0.245 e. The minimum atomic E-state index is -0.290. The van der Waals surface area contributed by atoms with E-state index in [9.17, 15) is 9.59 Å². The Morgan fingerprint density at radius 1 is 1.53 bits per heavy atom. The third kappa shape index (κ3) is 3.90. The molecule has 0 aliphatic heterocycles. The molecular formula is C11H17N3O3. The zero-order valence-electron chi connectivity index (χ0n) is 10.5. The Morgan fingerprint density at radius 2 is 2.18 bits per heavy atom. The largest absolute Gasteiger partial charge is 0.360 e. The molecule has 0 radical (unpaired) electrons. The van der Waals surface area contributed by atoms with Gasteiger partial charge in [-0.3, -0.25) is 9.59 Å². The summed E-state index contributed by atoms with van der Waals surface area (Å²) in [6.45, 7) is 6.90. The summed E-state index contributed by atoms with van der Waals surface area (Å²) in [7, 11) is 0. The SMILES string of the molecule is CC(=O)N(CC(=O)Nc1cc(C)on1)C(C)C. The maximum atomic E-state index is 11.7. The van der Waals surface area contributed by atoms with Crippen LogP contribution in [0, 0.1) is 6.92 Å². The number of aryl methyl sites for hydroxylation is 1. The van der Waals surface area contributed by atoms with E-state index in [1.165, 1.54) is 11.8 Å². The lowest BCUT2D eigenvalue weighted by Gasteiger charge is -2.24. The summed E-state index contributed by atoms with van der Waals surface area (Å²) in [4.78, 5) is 24.4. The number of rotatable bonds is 4. The number of carbonyl (C=O) groups is 2. The molecule has 6 nitrogen and oxygen atoms in total.